The summed E-state index contributed by atoms with van der Waals surface area (Å²) in [5.74, 6) is 0.0193. The summed E-state index contributed by atoms with van der Waals surface area (Å²) in [7, 11) is 1.61. The van der Waals surface area contributed by atoms with Gasteiger partial charge < -0.3 is 14.8 Å². The van der Waals surface area contributed by atoms with Gasteiger partial charge in [0, 0.05) is 56.0 Å². The molecule has 1 N–H and O–H groups in total. The van der Waals surface area contributed by atoms with Crippen LogP contribution in [0.5, 0.6) is 0 Å². The van der Waals surface area contributed by atoms with Gasteiger partial charge in [-0.05, 0) is 24.8 Å². The SMILES string of the molecule is CC(C)[C@@H]1C[C@H](C(F)(F)F)n2nc([C@@H]3CCN(C(=O)c4ccn(C)c(=O)c4)C3)cc2N1. The van der Waals surface area contributed by atoms with Crippen LogP contribution in [0.4, 0.5) is 19.0 Å². The molecule has 0 unspecified atom stereocenters. The first-order valence-electron chi connectivity index (χ1n) is 10.4. The molecule has 0 spiro atoms. The van der Waals surface area contributed by atoms with Crippen LogP contribution in [0, 0.1) is 5.92 Å². The van der Waals surface area contributed by atoms with Crippen molar-refractivity contribution in [1.29, 1.82) is 0 Å². The number of anilines is 1. The Balaban J connectivity index is 1.55. The van der Waals surface area contributed by atoms with Gasteiger partial charge in [0.25, 0.3) is 11.5 Å². The molecule has 168 valence electrons. The van der Waals surface area contributed by atoms with Crippen LogP contribution in [0.2, 0.25) is 0 Å². The number of carbonyl (C=O) groups excluding carboxylic acids is 1. The lowest BCUT2D eigenvalue weighted by Crippen LogP contribution is -2.41. The Kier molecular flexibility index (Phi) is 5.35. The minimum Gasteiger partial charge on any atom is -0.367 e. The van der Waals surface area contributed by atoms with Gasteiger partial charge in [0.2, 0.25) is 0 Å². The van der Waals surface area contributed by atoms with Gasteiger partial charge in [-0.2, -0.15) is 18.3 Å². The average Bonchev–Trinajstić information content (AvgIpc) is 3.34. The molecule has 0 saturated carbocycles. The fourth-order valence-electron chi connectivity index (χ4n) is 4.31. The van der Waals surface area contributed by atoms with Crippen molar-refractivity contribution >= 4 is 11.7 Å². The number of pyridine rings is 1. The second kappa shape index (κ2) is 7.72. The van der Waals surface area contributed by atoms with Gasteiger partial charge in [-0.25, -0.2) is 4.68 Å². The largest absolute Gasteiger partial charge is 0.410 e. The van der Waals surface area contributed by atoms with Crippen LogP contribution in [0.25, 0.3) is 0 Å². The Bertz CT molecular complexity index is 1040. The first kappa shape index (κ1) is 21.5. The van der Waals surface area contributed by atoms with Crippen molar-refractivity contribution in [3.05, 3.63) is 46.0 Å². The zero-order valence-corrected chi connectivity index (χ0v) is 17.7. The molecule has 2 aliphatic heterocycles. The van der Waals surface area contributed by atoms with E-state index in [0.717, 1.165) is 4.68 Å². The Hall–Kier alpha value is -2.78. The number of nitrogens with one attached hydrogen (secondary N) is 1. The van der Waals surface area contributed by atoms with Crippen LogP contribution in [-0.4, -0.2) is 50.5 Å². The molecule has 1 amide bonds. The number of alkyl halides is 3. The first-order chi connectivity index (χ1) is 14.5. The number of aromatic nitrogens is 3. The van der Waals surface area contributed by atoms with Crippen LogP contribution < -0.4 is 10.9 Å². The maximum Gasteiger partial charge on any atom is 0.410 e. The van der Waals surface area contributed by atoms with E-state index in [4.69, 9.17) is 0 Å². The lowest BCUT2D eigenvalue weighted by Gasteiger charge is -2.35. The summed E-state index contributed by atoms with van der Waals surface area (Å²) in [4.78, 5) is 26.2. The quantitative estimate of drug-likeness (QED) is 0.801. The normalized spacial score (nSPS) is 23.7. The van der Waals surface area contributed by atoms with Crippen LogP contribution in [0.1, 0.15) is 54.7 Å². The zero-order valence-electron chi connectivity index (χ0n) is 17.7. The van der Waals surface area contributed by atoms with Gasteiger partial charge in [-0.3, -0.25) is 9.59 Å². The fourth-order valence-corrected chi connectivity index (χ4v) is 4.31. The van der Waals surface area contributed by atoms with Gasteiger partial charge in [0.1, 0.15) is 5.82 Å². The predicted octanol–water partition coefficient (Wildman–Crippen LogP) is 3.16. The topological polar surface area (TPSA) is 72.2 Å². The number of hydrogen-bond donors (Lipinski definition) is 1. The summed E-state index contributed by atoms with van der Waals surface area (Å²) in [6, 6.07) is 2.63. The highest BCUT2D eigenvalue weighted by Crippen LogP contribution is 2.42. The van der Waals surface area contributed by atoms with E-state index in [0.29, 0.717) is 36.6 Å². The molecule has 4 heterocycles. The third-order valence-electron chi connectivity index (χ3n) is 6.29. The molecule has 4 rings (SSSR count). The molecule has 1 saturated heterocycles. The van der Waals surface area contributed by atoms with E-state index >= 15 is 0 Å². The van der Waals surface area contributed by atoms with E-state index in [1.807, 2.05) is 13.8 Å². The number of fused-ring (bicyclic) bond motifs is 1. The maximum atomic E-state index is 13.7. The Morgan fingerprint density at radius 1 is 1.29 bits per heavy atom. The summed E-state index contributed by atoms with van der Waals surface area (Å²) in [5, 5.41) is 7.51. The van der Waals surface area contributed by atoms with Gasteiger partial charge in [0.15, 0.2) is 6.04 Å². The van der Waals surface area contributed by atoms with Crippen molar-refractivity contribution in [3.8, 4) is 0 Å². The highest BCUT2D eigenvalue weighted by Gasteiger charge is 2.47. The van der Waals surface area contributed by atoms with E-state index in [2.05, 4.69) is 10.4 Å². The van der Waals surface area contributed by atoms with E-state index < -0.39 is 12.2 Å². The molecule has 3 atom stereocenters. The number of aryl methyl sites for hydroxylation is 1. The molecule has 1 fully saturated rings. The number of hydrogen-bond acceptors (Lipinski definition) is 4. The molecule has 0 aromatic carbocycles. The Morgan fingerprint density at radius 2 is 2.03 bits per heavy atom. The fraction of sp³-hybridized carbons (Fsp3) is 0.571. The zero-order chi connectivity index (χ0) is 22.5. The van der Waals surface area contributed by atoms with Gasteiger partial charge >= 0.3 is 6.18 Å². The molecule has 31 heavy (non-hydrogen) atoms. The van der Waals surface area contributed by atoms with Crippen molar-refractivity contribution in [2.24, 2.45) is 13.0 Å². The van der Waals surface area contributed by atoms with Crippen molar-refractivity contribution in [3.63, 3.8) is 0 Å². The third kappa shape index (κ3) is 4.07. The Labute approximate surface area is 177 Å². The van der Waals surface area contributed by atoms with Gasteiger partial charge in [-0.1, -0.05) is 13.8 Å². The summed E-state index contributed by atoms with van der Waals surface area (Å²) < 4.78 is 43.5. The van der Waals surface area contributed by atoms with Crippen LogP contribution in [0.3, 0.4) is 0 Å². The number of rotatable bonds is 3. The second-order valence-corrected chi connectivity index (χ2v) is 8.79. The molecule has 0 bridgehead atoms. The average molecular weight is 437 g/mol. The predicted molar refractivity (Wildman–Crippen MR) is 109 cm³/mol. The van der Waals surface area contributed by atoms with E-state index in [-0.39, 0.29) is 35.8 Å². The Morgan fingerprint density at radius 3 is 2.68 bits per heavy atom. The summed E-state index contributed by atoms with van der Waals surface area (Å²) in [6.07, 6.45) is -2.30. The lowest BCUT2D eigenvalue weighted by atomic mass is 9.94. The molecule has 0 radical (unpaired) electrons. The molecular formula is C21H26F3N5O2. The maximum absolute atomic E-state index is 13.7. The molecule has 2 aromatic rings. The van der Waals surface area contributed by atoms with Crippen LogP contribution >= 0.6 is 0 Å². The number of likely N-dealkylation sites (tertiary alicyclic amines) is 1. The van der Waals surface area contributed by atoms with Crippen LogP contribution in [-0.2, 0) is 7.05 Å². The first-order valence-corrected chi connectivity index (χ1v) is 10.4. The highest BCUT2D eigenvalue weighted by molar-refractivity contribution is 5.94. The van der Waals surface area contributed by atoms with Crippen LogP contribution in [0.15, 0.2) is 29.2 Å². The van der Waals surface area contributed by atoms with Crippen molar-refractivity contribution < 1.29 is 18.0 Å². The van der Waals surface area contributed by atoms with Gasteiger partial charge in [-0.15, -0.1) is 0 Å². The monoisotopic (exact) mass is 437 g/mol. The van der Waals surface area contributed by atoms with Crippen molar-refractivity contribution in [2.45, 2.75) is 50.9 Å². The summed E-state index contributed by atoms with van der Waals surface area (Å²) in [5.41, 5.74) is 0.597. The molecule has 10 heteroatoms. The number of halogens is 3. The third-order valence-corrected chi connectivity index (χ3v) is 6.29. The summed E-state index contributed by atoms with van der Waals surface area (Å²) >= 11 is 0. The van der Waals surface area contributed by atoms with E-state index in [9.17, 15) is 22.8 Å². The highest BCUT2D eigenvalue weighted by atomic mass is 19.4. The summed E-state index contributed by atoms with van der Waals surface area (Å²) in [6.45, 7) is 4.62. The molecule has 0 aliphatic carbocycles. The number of amides is 1. The van der Waals surface area contributed by atoms with Gasteiger partial charge in [0.05, 0.1) is 5.69 Å². The number of carbonyl (C=O) groups is 1. The van der Waals surface area contributed by atoms with Crippen molar-refractivity contribution in [2.75, 3.05) is 18.4 Å². The molecule has 7 nitrogen and oxygen atoms in total. The van der Waals surface area contributed by atoms with E-state index in [1.54, 1.807) is 30.3 Å². The minimum absolute atomic E-state index is 0.0510. The molecule has 2 aromatic heterocycles. The molecular weight excluding hydrogens is 411 g/mol. The van der Waals surface area contributed by atoms with Crippen molar-refractivity contribution in [1.82, 2.24) is 19.2 Å². The standard InChI is InChI=1S/C21H26F3N5O2/c1-12(2)15-9-17(21(22,23)24)29-18(25-15)10-16(26-29)14-5-7-28(11-14)20(31)13-4-6-27(3)19(30)8-13/h4,6,8,10,12,14-15,17,25H,5,7,9,11H2,1-3H3/t14-,15+,17-/m1/s1. The molecule has 2 aliphatic rings. The minimum atomic E-state index is -4.38. The second-order valence-electron chi connectivity index (χ2n) is 8.79. The number of nitrogens with zero attached hydrogens (tertiary/aromatic N) is 4. The lowest BCUT2D eigenvalue weighted by molar-refractivity contribution is -0.174. The van der Waals surface area contributed by atoms with E-state index in [1.165, 1.54) is 10.6 Å². The smallest absolute Gasteiger partial charge is 0.367 e.